The topological polar surface area (TPSA) is 26.3 Å². The Kier molecular flexibility index (Phi) is 5.13. The molecule has 1 unspecified atom stereocenters. The number of rotatable bonds is 5. The number of Topliss-reactive ketones (excluding diaryl/α,β-unsaturated/α-hetero) is 1. The van der Waals surface area contributed by atoms with Gasteiger partial charge in [0, 0.05) is 11.1 Å². The summed E-state index contributed by atoms with van der Waals surface area (Å²) >= 11 is 2.95. The summed E-state index contributed by atoms with van der Waals surface area (Å²) in [5.74, 6) is -0.948. The lowest BCUT2D eigenvalue weighted by molar-refractivity contribution is -0.0499. The van der Waals surface area contributed by atoms with Crippen molar-refractivity contribution in [2.24, 2.45) is 0 Å². The third-order valence-electron chi connectivity index (χ3n) is 2.11. The van der Waals surface area contributed by atoms with Gasteiger partial charge in [0.1, 0.15) is 5.75 Å². The van der Waals surface area contributed by atoms with Crippen molar-refractivity contribution in [1.29, 1.82) is 0 Å². The fourth-order valence-corrected chi connectivity index (χ4v) is 1.58. The SMILES string of the molecule is CC(Br)C(=O)c1cc(OC(F)F)ccc1C(F)F. The lowest BCUT2D eigenvalue weighted by atomic mass is 10.0. The molecule has 0 fully saturated rings. The summed E-state index contributed by atoms with van der Waals surface area (Å²) in [6.45, 7) is -1.62. The van der Waals surface area contributed by atoms with Gasteiger partial charge in [0.2, 0.25) is 0 Å². The van der Waals surface area contributed by atoms with Crippen LogP contribution in [0.15, 0.2) is 18.2 Å². The second-order valence-electron chi connectivity index (χ2n) is 3.41. The molecule has 2 nitrogen and oxygen atoms in total. The minimum Gasteiger partial charge on any atom is -0.435 e. The lowest BCUT2D eigenvalue weighted by Crippen LogP contribution is -2.13. The molecular weight excluding hydrogens is 320 g/mol. The number of alkyl halides is 5. The Bertz CT molecular complexity index is 435. The van der Waals surface area contributed by atoms with Gasteiger partial charge in [-0.05, 0) is 25.1 Å². The highest BCUT2D eigenvalue weighted by molar-refractivity contribution is 9.10. The van der Waals surface area contributed by atoms with E-state index in [4.69, 9.17) is 0 Å². The van der Waals surface area contributed by atoms with E-state index < -0.39 is 29.2 Å². The van der Waals surface area contributed by atoms with Crippen molar-refractivity contribution in [3.8, 4) is 5.75 Å². The molecule has 0 aliphatic rings. The van der Waals surface area contributed by atoms with E-state index in [1.165, 1.54) is 6.92 Å². The molecule has 7 heteroatoms. The first-order valence-electron chi connectivity index (χ1n) is 4.88. The average molecular weight is 329 g/mol. The van der Waals surface area contributed by atoms with Crippen LogP contribution in [0.3, 0.4) is 0 Å². The predicted octanol–water partition coefficient (Wildman–Crippen LogP) is 4.19. The molecule has 0 bridgehead atoms. The molecule has 1 rings (SSSR count). The van der Waals surface area contributed by atoms with Crippen molar-refractivity contribution < 1.29 is 27.1 Å². The summed E-state index contributed by atoms with van der Waals surface area (Å²) in [7, 11) is 0. The van der Waals surface area contributed by atoms with Gasteiger partial charge < -0.3 is 4.74 Å². The third-order valence-corrected chi connectivity index (χ3v) is 2.53. The number of carbonyl (C=O) groups excluding carboxylic acids is 1. The van der Waals surface area contributed by atoms with Crippen LogP contribution in [-0.4, -0.2) is 17.2 Å². The first kappa shape index (κ1) is 14.9. The van der Waals surface area contributed by atoms with E-state index in [1.54, 1.807) is 0 Å². The minimum atomic E-state index is -3.08. The predicted molar refractivity (Wildman–Crippen MR) is 60.8 cm³/mol. The van der Waals surface area contributed by atoms with Crippen LogP contribution in [0.1, 0.15) is 29.3 Å². The summed E-state index contributed by atoms with van der Waals surface area (Å²) in [6, 6.07) is 2.78. The highest BCUT2D eigenvalue weighted by Gasteiger charge is 2.22. The van der Waals surface area contributed by atoms with Crippen molar-refractivity contribution in [3.63, 3.8) is 0 Å². The zero-order chi connectivity index (χ0) is 13.9. The first-order valence-corrected chi connectivity index (χ1v) is 5.79. The summed E-state index contributed by atoms with van der Waals surface area (Å²) in [5.41, 5.74) is -0.833. The van der Waals surface area contributed by atoms with Gasteiger partial charge in [0.25, 0.3) is 6.43 Å². The summed E-state index contributed by atoms with van der Waals surface area (Å²) in [5, 5.41) is 0. The quantitative estimate of drug-likeness (QED) is 0.460. The zero-order valence-electron chi connectivity index (χ0n) is 9.17. The summed E-state index contributed by atoms with van der Waals surface area (Å²) in [6.07, 6.45) is -2.86. The number of ether oxygens (including phenoxy) is 1. The lowest BCUT2D eigenvalue weighted by Gasteiger charge is -2.12. The molecule has 0 N–H and O–H groups in total. The maximum absolute atomic E-state index is 12.7. The summed E-state index contributed by atoms with van der Waals surface area (Å²) < 4.78 is 53.5. The van der Waals surface area contributed by atoms with Gasteiger partial charge in [-0.3, -0.25) is 4.79 Å². The monoisotopic (exact) mass is 328 g/mol. The van der Waals surface area contributed by atoms with Gasteiger partial charge in [0.15, 0.2) is 5.78 Å². The van der Waals surface area contributed by atoms with Crippen molar-refractivity contribution in [2.75, 3.05) is 0 Å². The summed E-state index contributed by atoms with van der Waals surface area (Å²) in [4.78, 5) is 11.0. The molecule has 0 saturated carbocycles. The smallest absolute Gasteiger partial charge is 0.387 e. The number of hydrogen-bond acceptors (Lipinski definition) is 2. The van der Waals surface area contributed by atoms with E-state index in [-0.39, 0.29) is 11.3 Å². The van der Waals surface area contributed by atoms with Crippen LogP contribution >= 0.6 is 15.9 Å². The Hall–Kier alpha value is -1.11. The second kappa shape index (κ2) is 6.17. The Labute approximate surface area is 109 Å². The molecule has 1 atom stereocenters. The van der Waals surface area contributed by atoms with Crippen LogP contribution in [-0.2, 0) is 0 Å². The van der Waals surface area contributed by atoms with Gasteiger partial charge in [-0.2, -0.15) is 8.78 Å². The van der Waals surface area contributed by atoms with Gasteiger partial charge >= 0.3 is 6.61 Å². The van der Waals surface area contributed by atoms with Crippen molar-refractivity contribution >= 4 is 21.7 Å². The number of ketones is 1. The second-order valence-corrected chi connectivity index (χ2v) is 4.78. The zero-order valence-corrected chi connectivity index (χ0v) is 10.8. The molecule has 0 aliphatic carbocycles. The van der Waals surface area contributed by atoms with Gasteiger partial charge in [-0.25, -0.2) is 8.78 Å². The molecule has 1 aromatic rings. The Balaban J connectivity index is 3.19. The third kappa shape index (κ3) is 3.69. The van der Waals surface area contributed by atoms with Crippen LogP contribution in [0.25, 0.3) is 0 Å². The van der Waals surface area contributed by atoms with E-state index in [2.05, 4.69) is 20.7 Å². The Morgan fingerprint density at radius 2 is 1.89 bits per heavy atom. The van der Waals surface area contributed by atoms with E-state index >= 15 is 0 Å². The standard InChI is InChI=1S/C11H9BrF4O2/c1-5(12)9(17)8-4-6(18-11(15)16)2-3-7(8)10(13)14/h2-5,10-11H,1H3. The molecular formula is C11H9BrF4O2. The Morgan fingerprint density at radius 1 is 1.28 bits per heavy atom. The molecule has 18 heavy (non-hydrogen) atoms. The van der Waals surface area contributed by atoms with Crippen LogP contribution in [0, 0.1) is 0 Å². The fraction of sp³-hybridized carbons (Fsp3) is 0.364. The molecule has 0 amide bonds. The normalized spacial score (nSPS) is 12.9. The van der Waals surface area contributed by atoms with E-state index in [0.29, 0.717) is 0 Å². The van der Waals surface area contributed by atoms with Crippen LogP contribution in [0.4, 0.5) is 17.6 Å². The van der Waals surface area contributed by atoms with Crippen LogP contribution < -0.4 is 4.74 Å². The van der Waals surface area contributed by atoms with Gasteiger partial charge in [-0.1, -0.05) is 15.9 Å². The average Bonchev–Trinajstić information content (AvgIpc) is 2.26. The van der Waals surface area contributed by atoms with E-state index in [0.717, 1.165) is 18.2 Å². The van der Waals surface area contributed by atoms with E-state index in [9.17, 15) is 22.4 Å². The molecule has 100 valence electrons. The van der Waals surface area contributed by atoms with Crippen molar-refractivity contribution in [2.45, 2.75) is 24.8 Å². The highest BCUT2D eigenvalue weighted by Crippen LogP contribution is 2.29. The molecule has 1 aromatic carbocycles. The van der Waals surface area contributed by atoms with Crippen LogP contribution in [0.5, 0.6) is 5.75 Å². The van der Waals surface area contributed by atoms with Crippen molar-refractivity contribution in [1.82, 2.24) is 0 Å². The fourth-order valence-electron chi connectivity index (χ4n) is 1.33. The molecule has 0 heterocycles. The number of halogens is 5. The largest absolute Gasteiger partial charge is 0.435 e. The number of hydrogen-bond donors (Lipinski definition) is 0. The molecule has 0 spiro atoms. The Morgan fingerprint density at radius 3 is 2.33 bits per heavy atom. The van der Waals surface area contributed by atoms with E-state index in [1.807, 2.05) is 0 Å². The molecule has 0 radical (unpaired) electrons. The molecule has 0 aliphatic heterocycles. The maximum atomic E-state index is 12.7. The number of carbonyl (C=O) groups is 1. The van der Waals surface area contributed by atoms with Gasteiger partial charge in [0.05, 0.1) is 4.83 Å². The van der Waals surface area contributed by atoms with Crippen LogP contribution in [0.2, 0.25) is 0 Å². The highest BCUT2D eigenvalue weighted by atomic mass is 79.9. The first-order chi connectivity index (χ1) is 8.32. The maximum Gasteiger partial charge on any atom is 0.387 e. The number of benzene rings is 1. The van der Waals surface area contributed by atoms with Gasteiger partial charge in [-0.15, -0.1) is 0 Å². The minimum absolute atomic E-state index is 0.326. The van der Waals surface area contributed by atoms with Crippen molar-refractivity contribution in [3.05, 3.63) is 29.3 Å². The molecule has 0 aromatic heterocycles. The molecule has 0 saturated heterocycles.